The van der Waals surface area contributed by atoms with Crippen LogP contribution in [0.1, 0.15) is 11.5 Å². The fraction of sp³-hybridized carbons (Fsp3) is 0.0667. The zero-order chi connectivity index (χ0) is 14.1. The molecule has 3 rings (SSSR count). The minimum absolute atomic E-state index is 0.132. The van der Waals surface area contributed by atoms with Gasteiger partial charge >= 0.3 is 5.63 Å². The predicted molar refractivity (Wildman–Crippen MR) is 74.5 cm³/mol. The first-order valence-corrected chi connectivity index (χ1v) is 6.34. The van der Waals surface area contributed by atoms with Crippen LogP contribution in [0.2, 0.25) is 5.02 Å². The summed E-state index contributed by atoms with van der Waals surface area (Å²) in [7, 11) is 0. The standard InChI is InChI=1S/C15H9ClFNO2/c16-12-4-2-1-3-9(12)7-14-18-13-6-5-10(17)8-11(13)15(19)20-14/h1-6,8H,7H2. The van der Waals surface area contributed by atoms with Gasteiger partial charge in [-0.05, 0) is 29.8 Å². The van der Waals surface area contributed by atoms with Crippen LogP contribution in [-0.2, 0) is 6.42 Å². The molecule has 0 unspecified atom stereocenters. The van der Waals surface area contributed by atoms with E-state index in [0.29, 0.717) is 17.0 Å². The molecule has 100 valence electrons. The highest BCUT2D eigenvalue weighted by Gasteiger charge is 2.09. The van der Waals surface area contributed by atoms with Crippen LogP contribution in [0.5, 0.6) is 0 Å². The van der Waals surface area contributed by atoms with Gasteiger partial charge in [-0.1, -0.05) is 29.8 Å². The SMILES string of the molecule is O=c1oc(Cc2ccccc2Cl)nc2ccc(F)cc12. The smallest absolute Gasteiger partial charge is 0.346 e. The number of hydrogen-bond acceptors (Lipinski definition) is 3. The minimum Gasteiger partial charge on any atom is -0.408 e. The Morgan fingerprint density at radius 2 is 2.00 bits per heavy atom. The second kappa shape index (κ2) is 5.06. The van der Waals surface area contributed by atoms with Gasteiger partial charge in [-0.2, -0.15) is 0 Å². The number of nitrogens with zero attached hydrogens (tertiary/aromatic N) is 1. The molecule has 0 saturated carbocycles. The van der Waals surface area contributed by atoms with E-state index in [4.69, 9.17) is 16.0 Å². The molecule has 0 bridgehead atoms. The molecule has 3 aromatic rings. The Kier molecular flexibility index (Phi) is 3.24. The number of benzene rings is 2. The summed E-state index contributed by atoms with van der Waals surface area (Å²) >= 11 is 6.06. The first kappa shape index (κ1) is 12.8. The molecule has 0 fully saturated rings. The summed E-state index contributed by atoms with van der Waals surface area (Å²) in [4.78, 5) is 16.0. The second-order valence-corrected chi connectivity index (χ2v) is 4.73. The quantitative estimate of drug-likeness (QED) is 0.724. The lowest BCUT2D eigenvalue weighted by atomic mass is 10.1. The molecule has 0 radical (unpaired) electrons. The average Bonchev–Trinajstić information content (AvgIpc) is 2.42. The third kappa shape index (κ3) is 2.42. The lowest BCUT2D eigenvalue weighted by Gasteiger charge is -2.03. The predicted octanol–water partition coefficient (Wildman–Crippen LogP) is 3.57. The van der Waals surface area contributed by atoms with Crippen molar-refractivity contribution < 1.29 is 8.81 Å². The highest BCUT2D eigenvalue weighted by Crippen LogP contribution is 2.18. The molecule has 0 aliphatic heterocycles. The lowest BCUT2D eigenvalue weighted by molar-refractivity contribution is 0.454. The summed E-state index contributed by atoms with van der Waals surface area (Å²) in [6.07, 6.45) is 0.308. The van der Waals surface area contributed by atoms with Gasteiger partial charge in [-0.3, -0.25) is 0 Å². The van der Waals surface area contributed by atoms with Crippen LogP contribution >= 0.6 is 11.6 Å². The van der Waals surface area contributed by atoms with Gasteiger partial charge in [-0.25, -0.2) is 14.2 Å². The zero-order valence-corrected chi connectivity index (χ0v) is 11.0. The molecule has 0 aliphatic carbocycles. The van der Waals surface area contributed by atoms with Crippen molar-refractivity contribution >= 4 is 22.5 Å². The number of halogens is 2. The molecule has 0 spiro atoms. The van der Waals surface area contributed by atoms with Gasteiger partial charge in [0, 0.05) is 5.02 Å². The molecular weight excluding hydrogens is 281 g/mol. The Labute approximate surface area is 118 Å². The van der Waals surface area contributed by atoms with E-state index in [2.05, 4.69) is 4.98 Å². The number of rotatable bonds is 2. The highest BCUT2D eigenvalue weighted by atomic mass is 35.5. The highest BCUT2D eigenvalue weighted by molar-refractivity contribution is 6.31. The van der Waals surface area contributed by atoms with E-state index in [1.54, 1.807) is 6.07 Å². The van der Waals surface area contributed by atoms with Crippen molar-refractivity contribution in [3.05, 3.63) is 75.2 Å². The Bertz CT molecular complexity index is 845. The first-order chi connectivity index (χ1) is 9.63. The van der Waals surface area contributed by atoms with Crippen LogP contribution in [0.4, 0.5) is 4.39 Å². The van der Waals surface area contributed by atoms with Crippen LogP contribution in [0.25, 0.3) is 10.9 Å². The van der Waals surface area contributed by atoms with E-state index in [1.807, 2.05) is 18.2 Å². The molecular formula is C15H9ClFNO2. The third-order valence-electron chi connectivity index (χ3n) is 2.93. The molecule has 20 heavy (non-hydrogen) atoms. The van der Waals surface area contributed by atoms with Gasteiger partial charge in [0.15, 0.2) is 0 Å². The van der Waals surface area contributed by atoms with Gasteiger partial charge < -0.3 is 4.42 Å². The molecule has 0 amide bonds. The maximum absolute atomic E-state index is 13.1. The Morgan fingerprint density at radius 1 is 1.20 bits per heavy atom. The van der Waals surface area contributed by atoms with Gasteiger partial charge in [0.1, 0.15) is 5.82 Å². The van der Waals surface area contributed by atoms with Crippen LogP contribution < -0.4 is 5.63 Å². The van der Waals surface area contributed by atoms with Gasteiger partial charge in [0.25, 0.3) is 0 Å². The fourth-order valence-corrected chi connectivity index (χ4v) is 2.17. The largest absolute Gasteiger partial charge is 0.408 e. The summed E-state index contributed by atoms with van der Waals surface area (Å²) in [5.41, 5.74) is 0.618. The maximum Gasteiger partial charge on any atom is 0.346 e. The number of fused-ring (bicyclic) bond motifs is 1. The summed E-state index contributed by atoms with van der Waals surface area (Å²) < 4.78 is 18.2. The number of aromatic nitrogens is 1. The lowest BCUT2D eigenvalue weighted by Crippen LogP contribution is -2.06. The number of hydrogen-bond donors (Lipinski definition) is 0. The fourth-order valence-electron chi connectivity index (χ4n) is 1.97. The Hall–Kier alpha value is -2.20. The Morgan fingerprint density at radius 3 is 2.80 bits per heavy atom. The molecule has 0 atom stereocenters. The van der Waals surface area contributed by atoms with Crippen LogP contribution in [0.3, 0.4) is 0 Å². The molecule has 0 N–H and O–H groups in total. The van der Waals surface area contributed by atoms with E-state index < -0.39 is 11.4 Å². The van der Waals surface area contributed by atoms with E-state index in [9.17, 15) is 9.18 Å². The average molecular weight is 290 g/mol. The van der Waals surface area contributed by atoms with Crippen molar-refractivity contribution in [2.75, 3.05) is 0 Å². The van der Waals surface area contributed by atoms with E-state index >= 15 is 0 Å². The molecule has 0 aliphatic rings. The summed E-state index contributed by atoms with van der Waals surface area (Å²) in [6, 6.07) is 11.1. The molecule has 2 aromatic carbocycles. The van der Waals surface area contributed by atoms with Crippen molar-refractivity contribution in [1.29, 1.82) is 0 Å². The van der Waals surface area contributed by atoms with Crippen LogP contribution in [0, 0.1) is 5.82 Å². The van der Waals surface area contributed by atoms with Crippen molar-refractivity contribution in [3.8, 4) is 0 Å². The zero-order valence-electron chi connectivity index (χ0n) is 10.3. The minimum atomic E-state index is -0.600. The normalized spacial score (nSPS) is 10.9. The summed E-state index contributed by atoms with van der Waals surface area (Å²) in [5, 5.41) is 0.712. The first-order valence-electron chi connectivity index (χ1n) is 5.96. The van der Waals surface area contributed by atoms with E-state index in [1.165, 1.54) is 12.1 Å². The maximum atomic E-state index is 13.1. The monoisotopic (exact) mass is 289 g/mol. The van der Waals surface area contributed by atoms with Crippen molar-refractivity contribution in [2.45, 2.75) is 6.42 Å². The topological polar surface area (TPSA) is 43.1 Å². The van der Waals surface area contributed by atoms with Gasteiger partial charge in [-0.15, -0.1) is 0 Å². The van der Waals surface area contributed by atoms with Gasteiger partial charge in [0.2, 0.25) is 5.89 Å². The van der Waals surface area contributed by atoms with Crippen LogP contribution in [-0.4, -0.2) is 4.98 Å². The van der Waals surface area contributed by atoms with Crippen molar-refractivity contribution in [3.63, 3.8) is 0 Å². The molecule has 1 aromatic heterocycles. The summed E-state index contributed by atoms with van der Waals surface area (Å²) in [5.74, 6) is -0.243. The van der Waals surface area contributed by atoms with E-state index in [-0.39, 0.29) is 11.3 Å². The third-order valence-corrected chi connectivity index (χ3v) is 3.30. The van der Waals surface area contributed by atoms with E-state index in [0.717, 1.165) is 11.6 Å². The van der Waals surface area contributed by atoms with Crippen LogP contribution in [0.15, 0.2) is 51.7 Å². The Balaban J connectivity index is 2.08. The van der Waals surface area contributed by atoms with Crippen molar-refractivity contribution in [1.82, 2.24) is 4.98 Å². The molecule has 5 heteroatoms. The summed E-state index contributed by atoms with van der Waals surface area (Å²) in [6.45, 7) is 0. The molecule has 3 nitrogen and oxygen atoms in total. The van der Waals surface area contributed by atoms with Gasteiger partial charge in [0.05, 0.1) is 17.3 Å². The second-order valence-electron chi connectivity index (χ2n) is 4.32. The molecule has 1 heterocycles. The van der Waals surface area contributed by atoms with Crippen molar-refractivity contribution in [2.24, 2.45) is 0 Å². The molecule has 0 saturated heterocycles.